The first-order valence-corrected chi connectivity index (χ1v) is 9.77. The lowest BCUT2D eigenvalue weighted by Crippen LogP contribution is -2.39. The summed E-state index contributed by atoms with van der Waals surface area (Å²) in [5.74, 6) is 4.70. The molecule has 4 N–H and O–H groups in total. The second-order valence-electron chi connectivity index (χ2n) is 7.35. The number of nitrogens with zero attached hydrogens (tertiary/aromatic N) is 3. The molecule has 1 aliphatic heterocycles. The average Bonchev–Trinajstić information content (AvgIpc) is 2.79. The Labute approximate surface area is 181 Å². The van der Waals surface area contributed by atoms with Gasteiger partial charge in [-0.15, -0.1) is 0 Å². The van der Waals surface area contributed by atoms with Crippen LogP contribution in [0, 0.1) is 5.82 Å². The molecule has 1 aliphatic rings. The molecule has 0 atom stereocenters. The standard InChI is InChI=1S/C22H21FN6O3/c1-27-19-6-5-16(20(30)25-11-15-7-8-29(24)26-12-15)10-18(19)21(31)28(22(27)32)13-14-3-2-4-17(23)9-14/h2-10,12,26H,11,13,24H2,1H3,(H,25,30). The fraction of sp³-hybridized carbons (Fsp3) is 0.136. The predicted molar refractivity (Wildman–Crippen MR) is 118 cm³/mol. The van der Waals surface area contributed by atoms with Crippen LogP contribution in [0.3, 0.4) is 0 Å². The average molecular weight is 436 g/mol. The first-order chi connectivity index (χ1) is 15.3. The molecule has 1 aromatic heterocycles. The molecular formula is C22H21FN6O3. The Hall–Kier alpha value is -4.18. The highest BCUT2D eigenvalue weighted by molar-refractivity contribution is 5.98. The van der Waals surface area contributed by atoms with Gasteiger partial charge in [0.15, 0.2) is 0 Å². The van der Waals surface area contributed by atoms with Crippen LogP contribution in [0.5, 0.6) is 0 Å². The van der Waals surface area contributed by atoms with Gasteiger partial charge in [0.25, 0.3) is 11.5 Å². The topological polar surface area (TPSA) is 114 Å². The van der Waals surface area contributed by atoms with E-state index in [1.165, 1.54) is 34.0 Å². The minimum Gasteiger partial charge on any atom is -0.348 e. The van der Waals surface area contributed by atoms with E-state index in [1.807, 2.05) is 0 Å². The summed E-state index contributed by atoms with van der Waals surface area (Å²) in [5.41, 5.74) is 3.67. The molecule has 10 heteroatoms. The van der Waals surface area contributed by atoms with E-state index in [-0.39, 0.29) is 29.9 Å². The Morgan fingerprint density at radius 2 is 2.00 bits per heavy atom. The number of carbonyl (C=O) groups excluding carboxylic acids is 1. The van der Waals surface area contributed by atoms with Crippen molar-refractivity contribution in [3.8, 4) is 0 Å². The van der Waals surface area contributed by atoms with Crippen LogP contribution >= 0.6 is 0 Å². The van der Waals surface area contributed by atoms with Crippen LogP contribution in [-0.4, -0.2) is 26.7 Å². The van der Waals surface area contributed by atoms with Crippen molar-refractivity contribution in [1.82, 2.24) is 25.0 Å². The molecule has 9 nitrogen and oxygen atoms in total. The quantitative estimate of drug-likeness (QED) is 0.508. The molecule has 0 spiro atoms. The summed E-state index contributed by atoms with van der Waals surface area (Å²) in [5, 5.41) is 4.27. The first-order valence-electron chi connectivity index (χ1n) is 9.77. The Kier molecular flexibility index (Phi) is 5.61. The Morgan fingerprint density at radius 1 is 1.19 bits per heavy atom. The fourth-order valence-electron chi connectivity index (χ4n) is 3.43. The molecule has 32 heavy (non-hydrogen) atoms. The Balaban J connectivity index is 1.65. The van der Waals surface area contributed by atoms with Crippen LogP contribution in [0.2, 0.25) is 0 Å². The maximum atomic E-state index is 13.5. The number of hydrogen-bond acceptors (Lipinski definition) is 6. The number of hydrogen-bond donors (Lipinski definition) is 3. The van der Waals surface area contributed by atoms with E-state index in [0.29, 0.717) is 11.1 Å². The van der Waals surface area contributed by atoms with Gasteiger partial charge in [-0.2, -0.15) is 0 Å². The number of hydrazine groups is 2. The summed E-state index contributed by atoms with van der Waals surface area (Å²) >= 11 is 0. The third-order valence-corrected chi connectivity index (χ3v) is 5.14. The van der Waals surface area contributed by atoms with E-state index >= 15 is 0 Å². The molecule has 0 saturated heterocycles. The number of rotatable bonds is 5. The predicted octanol–water partition coefficient (Wildman–Crippen LogP) is 0.709. The number of benzene rings is 2. The molecule has 0 saturated carbocycles. The smallest absolute Gasteiger partial charge is 0.331 e. The van der Waals surface area contributed by atoms with Gasteiger partial charge in [-0.1, -0.05) is 12.1 Å². The zero-order valence-electron chi connectivity index (χ0n) is 17.2. The highest BCUT2D eigenvalue weighted by Crippen LogP contribution is 2.12. The molecule has 0 bridgehead atoms. The van der Waals surface area contributed by atoms with Crippen LogP contribution in [0.4, 0.5) is 4.39 Å². The number of fused-ring (bicyclic) bond motifs is 1. The number of nitrogens with one attached hydrogen (secondary N) is 2. The van der Waals surface area contributed by atoms with Crippen molar-refractivity contribution in [2.24, 2.45) is 12.9 Å². The van der Waals surface area contributed by atoms with Gasteiger partial charge in [0.2, 0.25) is 0 Å². The van der Waals surface area contributed by atoms with Crippen molar-refractivity contribution in [2.75, 3.05) is 6.54 Å². The summed E-state index contributed by atoms with van der Waals surface area (Å²) < 4.78 is 15.9. The summed E-state index contributed by atoms with van der Waals surface area (Å²) in [6.07, 6.45) is 5.01. The second-order valence-corrected chi connectivity index (χ2v) is 7.35. The molecule has 2 heterocycles. The van der Waals surface area contributed by atoms with Crippen LogP contribution in [0.25, 0.3) is 10.9 Å². The molecule has 2 aromatic carbocycles. The molecule has 3 aromatic rings. The van der Waals surface area contributed by atoms with Gasteiger partial charge >= 0.3 is 5.69 Å². The van der Waals surface area contributed by atoms with Gasteiger partial charge in [-0.25, -0.2) is 20.1 Å². The Morgan fingerprint density at radius 3 is 2.72 bits per heavy atom. The third kappa shape index (κ3) is 4.16. The molecule has 0 fully saturated rings. The second kappa shape index (κ2) is 8.52. The van der Waals surface area contributed by atoms with Gasteiger partial charge < -0.3 is 5.32 Å². The van der Waals surface area contributed by atoms with Crippen LogP contribution < -0.4 is 27.8 Å². The number of amides is 1. The van der Waals surface area contributed by atoms with Gasteiger partial charge in [0.05, 0.1) is 17.4 Å². The number of halogens is 1. The van der Waals surface area contributed by atoms with E-state index in [9.17, 15) is 18.8 Å². The molecular weight excluding hydrogens is 415 g/mol. The Bertz CT molecular complexity index is 1390. The minimum absolute atomic E-state index is 0.0821. The number of carbonyl (C=O) groups is 1. The van der Waals surface area contributed by atoms with Gasteiger partial charge in [0, 0.05) is 31.6 Å². The summed E-state index contributed by atoms with van der Waals surface area (Å²) in [6.45, 7) is 0.173. The zero-order chi connectivity index (χ0) is 22.8. The molecule has 1 amide bonds. The molecule has 0 aliphatic carbocycles. The maximum absolute atomic E-state index is 13.5. The normalized spacial score (nSPS) is 13.1. The van der Waals surface area contributed by atoms with Crippen molar-refractivity contribution in [3.05, 3.63) is 104 Å². The lowest BCUT2D eigenvalue weighted by atomic mass is 10.1. The van der Waals surface area contributed by atoms with E-state index in [1.54, 1.807) is 43.7 Å². The van der Waals surface area contributed by atoms with E-state index in [4.69, 9.17) is 5.84 Å². The van der Waals surface area contributed by atoms with Crippen LogP contribution in [-0.2, 0) is 13.6 Å². The molecule has 4 rings (SSSR count). The van der Waals surface area contributed by atoms with E-state index < -0.39 is 17.1 Å². The molecule has 0 radical (unpaired) electrons. The first kappa shape index (κ1) is 21.1. The number of aromatic nitrogens is 2. The molecule has 164 valence electrons. The maximum Gasteiger partial charge on any atom is 0.331 e. The van der Waals surface area contributed by atoms with Crippen molar-refractivity contribution in [3.63, 3.8) is 0 Å². The lowest BCUT2D eigenvalue weighted by Gasteiger charge is -2.18. The largest absolute Gasteiger partial charge is 0.348 e. The SMILES string of the molecule is Cn1c(=O)n(Cc2cccc(F)c2)c(=O)c2cc(C(=O)NCC3=CNN(N)C=C3)ccc21. The van der Waals surface area contributed by atoms with Crippen molar-refractivity contribution in [1.29, 1.82) is 0 Å². The van der Waals surface area contributed by atoms with Gasteiger partial charge in [-0.05, 0) is 47.5 Å². The van der Waals surface area contributed by atoms with Gasteiger partial charge in [0.1, 0.15) is 5.82 Å². The highest BCUT2D eigenvalue weighted by atomic mass is 19.1. The monoisotopic (exact) mass is 436 g/mol. The van der Waals surface area contributed by atoms with Crippen molar-refractivity contribution in [2.45, 2.75) is 6.54 Å². The third-order valence-electron chi connectivity index (χ3n) is 5.14. The fourth-order valence-corrected chi connectivity index (χ4v) is 3.43. The van der Waals surface area contributed by atoms with Gasteiger partial charge in [-0.3, -0.25) is 24.1 Å². The summed E-state index contributed by atoms with van der Waals surface area (Å²) in [7, 11) is 1.54. The van der Waals surface area contributed by atoms with E-state index in [2.05, 4.69) is 10.7 Å². The van der Waals surface area contributed by atoms with Crippen molar-refractivity contribution >= 4 is 16.8 Å². The lowest BCUT2D eigenvalue weighted by molar-refractivity contribution is 0.0957. The van der Waals surface area contributed by atoms with Crippen molar-refractivity contribution < 1.29 is 9.18 Å². The zero-order valence-corrected chi connectivity index (χ0v) is 17.2. The summed E-state index contributed by atoms with van der Waals surface area (Å²) in [6, 6.07) is 10.3. The summed E-state index contributed by atoms with van der Waals surface area (Å²) in [4.78, 5) is 38.5. The van der Waals surface area contributed by atoms with E-state index in [0.717, 1.165) is 10.1 Å². The number of nitrogens with two attached hydrogens (primary N) is 1. The highest BCUT2D eigenvalue weighted by Gasteiger charge is 2.15. The van der Waals surface area contributed by atoms with Crippen LogP contribution in [0.1, 0.15) is 15.9 Å². The minimum atomic E-state index is -0.549. The van der Waals surface area contributed by atoms with Crippen LogP contribution in [0.15, 0.2) is 76.1 Å². The number of aryl methyl sites for hydroxylation is 1. The molecule has 0 unspecified atom stereocenters.